The molecule has 3 aromatic rings. The molecular formula is C25H29N3O4. The Morgan fingerprint density at radius 1 is 1.00 bits per heavy atom. The van der Waals surface area contributed by atoms with Crippen molar-refractivity contribution in [1.29, 1.82) is 0 Å². The summed E-state index contributed by atoms with van der Waals surface area (Å²) in [5, 5.41) is 3.93. The molecule has 0 bridgehead atoms. The topological polar surface area (TPSA) is 75.0 Å². The number of benzene rings is 2. The molecule has 2 amide bonds. The van der Waals surface area contributed by atoms with Gasteiger partial charge in [-0.25, -0.2) is 0 Å². The van der Waals surface area contributed by atoms with Crippen molar-refractivity contribution in [2.45, 2.75) is 20.5 Å². The summed E-state index contributed by atoms with van der Waals surface area (Å²) in [7, 11) is 1.61. The number of ether oxygens (including phenoxy) is 1. The number of furan rings is 1. The molecule has 32 heavy (non-hydrogen) atoms. The maximum absolute atomic E-state index is 13.2. The van der Waals surface area contributed by atoms with Crippen molar-refractivity contribution in [2.75, 3.05) is 45.2 Å². The molecule has 0 saturated carbocycles. The predicted molar refractivity (Wildman–Crippen MR) is 124 cm³/mol. The number of piperazine rings is 1. The number of hydrogen-bond acceptors (Lipinski definition) is 5. The van der Waals surface area contributed by atoms with Gasteiger partial charge < -0.3 is 19.4 Å². The van der Waals surface area contributed by atoms with E-state index in [1.54, 1.807) is 12.0 Å². The van der Waals surface area contributed by atoms with Crippen LogP contribution < -0.4 is 5.32 Å². The summed E-state index contributed by atoms with van der Waals surface area (Å²) in [5.41, 5.74) is 4.44. The molecular weight excluding hydrogens is 406 g/mol. The normalized spacial score (nSPS) is 14.7. The molecule has 4 rings (SSSR count). The van der Waals surface area contributed by atoms with Crippen LogP contribution in [0.2, 0.25) is 0 Å². The number of para-hydroxylation sites is 2. The second kappa shape index (κ2) is 9.54. The van der Waals surface area contributed by atoms with Crippen LogP contribution in [0.15, 0.2) is 46.9 Å². The zero-order chi connectivity index (χ0) is 22.7. The first-order valence-corrected chi connectivity index (χ1v) is 10.8. The number of rotatable bonds is 6. The molecule has 2 aromatic carbocycles. The van der Waals surface area contributed by atoms with Gasteiger partial charge in [0.05, 0.1) is 13.2 Å². The van der Waals surface area contributed by atoms with Gasteiger partial charge in [-0.3, -0.25) is 14.5 Å². The minimum absolute atomic E-state index is 0.0400. The van der Waals surface area contributed by atoms with Crippen LogP contribution in [0.25, 0.3) is 11.0 Å². The molecule has 2 heterocycles. The monoisotopic (exact) mass is 435 g/mol. The first-order valence-electron chi connectivity index (χ1n) is 10.8. The molecule has 1 N–H and O–H groups in total. The number of aryl methyl sites for hydroxylation is 2. The summed E-state index contributed by atoms with van der Waals surface area (Å²) in [6, 6.07) is 13.6. The smallest absolute Gasteiger partial charge is 0.290 e. The number of nitrogens with zero attached hydrogens (tertiary/aromatic N) is 2. The third kappa shape index (κ3) is 4.54. The average molecular weight is 436 g/mol. The second-order valence-corrected chi connectivity index (χ2v) is 8.22. The standard InChI is InChI=1S/C25H29N3O4/c1-17-7-6-8-18(2)23(17)26-22(29)15-27-11-13-28(14-12-27)25(30)24-20(16-31-3)19-9-4-5-10-21(19)32-24/h4-10H,11-16H2,1-3H3,(H,26,29). The van der Waals surface area contributed by atoms with Crippen LogP contribution in [0, 0.1) is 13.8 Å². The number of nitrogens with one attached hydrogen (secondary N) is 1. The van der Waals surface area contributed by atoms with Gasteiger partial charge in [-0.1, -0.05) is 36.4 Å². The molecule has 0 aliphatic carbocycles. The third-order valence-electron chi connectivity index (χ3n) is 5.95. The minimum atomic E-state index is -0.132. The van der Waals surface area contributed by atoms with Gasteiger partial charge in [0.15, 0.2) is 5.76 Å². The van der Waals surface area contributed by atoms with E-state index in [2.05, 4.69) is 10.2 Å². The highest BCUT2D eigenvalue weighted by Crippen LogP contribution is 2.28. The highest BCUT2D eigenvalue weighted by Gasteiger charge is 2.28. The van der Waals surface area contributed by atoms with Crippen molar-refractivity contribution < 1.29 is 18.7 Å². The summed E-state index contributed by atoms with van der Waals surface area (Å²) in [4.78, 5) is 29.6. The molecule has 168 valence electrons. The maximum Gasteiger partial charge on any atom is 0.290 e. The zero-order valence-electron chi connectivity index (χ0n) is 18.8. The molecule has 1 aliphatic rings. The Hall–Kier alpha value is -3.16. The van der Waals surface area contributed by atoms with Gasteiger partial charge in [0.2, 0.25) is 5.91 Å². The van der Waals surface area contributed by atoms with E-state index in [1.165, 1.54) is 0 Å². The summed E-state index contributed by atoms with van der Waals surface area (Å²) in [5.74, 6) is 0.170. The average Bonchev–Trinajstić information content (AvgIpc) is 3.15. The van der Waals surface area contributed by atoms with Gasteiger partial charge in [0.25, 0.3) is 5.91 Å². The van der Waals surface area contributed by atoms with Crippen molar-refractivity contribution in [3.05, 3.63) is 64.9 Å². The first-order chi connectivity index (χ1) is 15.5. The molecule has 1 fully saturated rings. The second-order valence-electron chi connectivity index (χ2n) is 8.22. The first kappa shape index (κ1) is 22.0. The fourth-order valence-corrected chi connectivity index (χ4v) is 4.21. The van der Waals surface area contributed by atoms with Gasteiger partial charge in [0, 0.05) is 49.9 Å². The Balaban J connectivity index is 1.38. The third-order valence-corrected chi connectivity index (χ3v) is 5.95. The Morgan fingerprint density at radius 2 is 1.69 bits per heavy atom. The lowest BCUT2D eigenvalue weighted by atomic mass is 10.1. The quantitative estimate of drug-likeness (QED) is 0.640. The van der Waals surface area contributed by atoms with Crippen molar-refractivity contribution in [1.82, 2.24) is 9.80 Å². The van der Waals surface area contributed by atoms with Crippen LogP contribution in [-0.4, -0.2) is 61.4 Å². The van der Waals surface area contributed by atoms with E-state index < -0.39 is 0 Å². The molecule has 1 aromatic heterocycles. The van der Waals surface area contributed by atoms with Gasteiger partial charge in [-0.2, -0.15) is 0 Å². The summed E-state index contributed by atoms with van der Waals surface area (Å²) in [6.45, 7) is 6.94. The number of hydrogen-bond donors (Lipinski definition) is 1. The SMILES string of the molecule is COCc1c(C(=O)N2CCN(CC(=O)Nc3c(C)cccc3C)CC2)oc2ccccc12. The molecule has 0 atom stereocenters. The fourth-order valence-electron chi connectivity index (χ4n) is 4.21. The van der Waals surface area contributed by atoms with Crippen LogP contribution in [0.5, 0.6) is 0 Å². The largest absolute Gasteiger partial charge is 0.451 e. The van der Waals surface area contributed by atoms with Crippen LogP contribution in [0.1, 0.15) is 27.2 Å². The van der Waals surface area contributed by atoms with Crippen LogP contribution in [0.4, 0.5) is 5.69 Å². The lowest BCUT2D eigenvalue weighted by molar-refractivity contribution is -0.117. The minimum Gasteiger partial charge on any atom is -0.451 e. The van der Waals surface area contributed by atoms with Crippen molar-refractivity contribution in [2.24, 2.45) is 0 Å². The predicted octanol–water partition coefficient (Wildman–Crippen LogP) is 3.59. The number of carbonyl (C=O) groups is 2. The maximum atomic E-state index is 13.2. The molecule has 0 radical (unpaired) electrons. The van der Waals surface area contributed by atoms with Crippen molar-refractivity contribution in [3.8, 4) is 0 Å². The Morgan fingerprint density at radius 3 is 2.38 bits per heavy atom. The van der Waals surface area contributed by atoms with E-state index in [0.717, 1.165) is 27.8 Å². The van der Waals surface area contributed by atoms with E-state index in [0.29, 0.717) is 50.7 Å². The van der Waals surface area contributed by atoms with Crippen LogP contribution in [0.3, 0.4) is 0 Å². The van der Waals surface area contributed by atoms with Crippen LogP contribution in [-0.2, 0) is 16.1 Å². The van der Waals surface area contributed by atoms with Gasteiger partial charge in [-0.15, -0.1) is 0 Å². The Bertz CT molecular complexity index is 1110. The van der Waals surface area contributed by atoms with Crippen LogP contribution >= 0.6 is 0 Å². The summed E-state index contributed by atoms with van der Waals surface area (Å²) < 4.78 is 11.2. The molecule has 7 heteroatoms. The van der Waals surface area contributed by atoms with Crippen molar-refractivity contribution >= 4 is 28.5 Å². The van der Waals surface area contributed by atoms with Crippen molar-refractivity contribution in [3.63, 3.8) is 0 Å². The van der Waals surface area contributed by atoms with Gasteiger partial charge >= 0.3 is 0 Å². The number of methoxy groups -OCH3 is 1. The van der Waals surface area contributed by atoms with E-state index in [9.17, 15) is 9.59 Å². The van der Waals surface area contributed by atoms with Gasteiger partial charge in [-0.05, 0) is 31.0 Å². The number of amides is 2. The number of anilines is 1. The molecule has 0 spiro atoms. The molecule has 7 nitrogen and oxygen atoms in total. The number of carbonyl (C=O) groups excluding carboxylic acids is 2. The Kier molecular flexibility index (Phi) is 6.58. The molecule has 1 saturated heterocycles. The van der Waals surface area contributed by atoms with E-state index in [-0.39, 0.29) is 11.8 Å². The lowest BCUT2D eigenvalue weighted by Crippen LogP contribution is -2.50. The Labute approximate surface area is 187 Å². The highest BCUT2D eigenvalue weighted by atomic mass is 16.5. The van der Waals surface area contributed by atoms with E-state index in [4.69, 9.17) is 9.15 Å². The van der Waals surface area contributed by atoms with Gasteiger partial charge in [0.1, 0.15) is 5.58 Å². The van der Waals surface area contributed by atoms with E-state index >= 15 is 0 Å². The number of fused-ring (bicyclic) bond motifs is 1. The molecule has 1 aliphatic heterocycles. The summed E-state index contributed by atoms with van der Waals surface area (Å²) in [6.07, 6.45) is 0. The lowest BCUT2D eigenvalue weighted by Gasteiger charge is -2.34. The fraction of sp³-hybridized carbons (Fsp3) is 0.360. The summed E-state index contributed by atoms with van der Waals surface area (Å²) >= 11 is 0. The van der Waals surface area contributed by atoms with E-state index in [1.807, 2.05) is 56.3 Å². The highest BCUT2D eigenvalue weighted by molar-refractivity contribution is 5.99. The molecule has 0 unspecified atom stereocenters. The zero-order valence-corrected chi connectivity index (χ0v) is 18.8.